The number of hydrogen-bond donors (Lipinski definition) is 1. The first-order valence-electron chi connectivity index (χ1n) is 6.88. The third-order valence-corrected chi connectivity index (χ3v) is 3.45. The molecule has 2 aromatic carbocycles. The quantitative estimate of drug-likeness (QED) is 0.790. The summed E-state index contributed by atoms with van der Waals surface area (Å²) >= 11 is 5.93. The van der Waals surface area contributed by atoms with E-state index in [1.807, 2.05) is 30.3 Å². The second-order valence-corrected chi connectivity index (χ2v) is 5.15. The van der Waals surface area contributed by atoms with Gasteiger partial charge in [0.05, 0.1) is 7.11 Å². The van der Waals surface area contributed by atoms with Gasteiger partial charge in [-0.3, -0.25) is 0 Å². The molecular formula is C17H20ClNO. The average molecular weight is 290 g/mol. The van der Waals surface area contributed by atoms with Crippen molar-refractivity contribution in [3.63, 3.8) is 0 Å². The van der Waals surface area contributed by atoms with Crippen molar-refractivity contribution in [1.29, 1.82) is 0 Å². The minimum Gasteiger partial charge on any atom is -0.496 e. The highest BCUT2D eigenvalue weighted by Gasteiger charge is 2.06. The van der Waals surface area contributed by atoms with Crippen molar-refractivity contribution in [2.75, 3.05) is 13.7 Å². The zero-order chi connectivity index (χ0) is 14.4. The van der Waals surface area contributed by atoms with Crippen LogP contribution in [-0.2, 0) is 6.54 Å². The largest absolute Gasteiger partial charge is 0.496 e. The Bertz CT molecular complexity index is 551. The molecule has 2 rings (SSSR count). The van der Waals surface area contributed by atoms with Crippen LogP contribution in [0, 0.1) is 0 Å². The van der Waals surface area contributed by atoms with Crippen molar-refractivity contribution >= 4 is 11.6 Å². The van der Waals surface area contributed by atoms with E-state index in [1.54, 1.807) is 7.11 Å². The highest BCUT2D eigenvalue weighted by molar-refractivity contribution is 6.30. The van der Waals surface area contributed by atoms with Crippen molar-refractivity contribution in [2.45, 2.75) is 19.9 Å². The maximum absolute atomic E-state index is 5.93. The van der Waals surface area contributed by atoms with Gasteiger partial charge in [-0.15, -0.1) is 0 Å². The van der Waals surface area contributed by atoms with Crippen molar-refractivity contribution in [3.05, 3.63) is 53.1 Å². The Balaban J connectivity index is 2.26. The second-order valence-electron chi connectivity index (χ2n) is 4.71. The Morgan fingerprint density at radius 1 is 1.05 bits per heavy atom. The molecule has 0 aromatic heterocycles. The highest BCUT2D eigenvalue weighted by Crippen LogP contribution is 2.27. The fourth-order valence-electron chi connectivity index (χ4n) is 2.14. The molecule has 0 unspecified atom stereocenters. The molecule has 0 spiro atoms. The zero-order valence-corrected chi connectivity index (χ0v) is 12.7. The normalized spacial score (nSPS) is 10.6. The van der Waals surface area contributed by atoms with Crippen LogP contribution in [0.1, 0.15) is 18.9 Å². The van der Waals surface area contributed by atoms with Gasteiger partial charge in [0.25, 0.3) is 0 Å². The molecule has 0 aliphatic carbocycles. The first kappa shape index (κ1) is 14.9. The minimum atomic E-state index is 0.757. The molecule has 0 atom stereocenters. The van der Waals surface area contributed by atoms with Crippen LogP contribution in [0.15, 0.2) is 42.5 Å². The van der Waals surface area contributed by atoms with Gasteiger partial charge >= 0.3 is 0 Å². The average Bonchev–Trinajstić information content (AvgIpc) is 2.48. The molecule has 0 bridgehead atoms. The van der Waals surface area contributed by atoms with Crippen LogP contribution in [0.2, 0.25) is 5.02 Å². The van der Waals surface area contributed by atoms with Crippen molar-refractivity contribution < 1.29 is 4.74 Å². The molecule has 0 saturated carbocycles. The van der Waals surface area contributed by atoms with Crippen LogP contribution in [-0.4, -0.2) is 13.7 Å². The van der Waals surface area contributed by atoms with E-state index in [0.717, 1.165) is 35.8 Å². The summed E-state index contributed by atoms with van der Waals surface area (Å²) in [5.74, 6) is 0.923. The van der Waals surface area contributed by atoms with E-state index in [0.29, 0.717) is 0 Å². The summed E-state index contributed by atoms with van der Waals surface area (Å²) in [5.41, 5.74) is 3.51. The van der Waals surface area contributed by atoms with Crippen LogP contribution < -0.4 is 10.1 Å². The number of hydrogen-bond acceptors (Lipinski definition) is 2. The van der Waals surface area contributed by atoms with Crippen molar-refractivity contribution in [1.82, 2.24) is 5.32 Å². The topological polar surface area (TPSA) is 21.3 Å². The molecule has 2 nitrogen and oxygen atoms in total. The Kier molecular flexibility index (Phi) is 5.45. The molecule has 106 valence electrons. The molecule has 2 aromatic rings. The van der Waals surface area contributed by atoms with E-state index < -0.39 is 0 Å². The van der Waals surface area contributed by atoms with Gasteiger partial charge in [0.15, 0.2) is 0 Å². The van der Waals surface area contributed by atoms with Gasteiger partial charge < -0.3 is 10.1 Å². The van der Waals surface area contributed by atoms with Crippen LogP contribution in [0.3, 0.4) is 0 Å². The molecule has 0 heterocycles. The number of ether oxygens (including phenoxy) is 1. The lowest BCUT2D eigenvalue weighted by atomic mass is 10.0. The lowest BCUT2D eigenvalue weighted by molar-refractivity contribution is 0.408. The number of methoxy groups -OCH3 is 1. The fraction of sp³-hybridized carbons (Fsp3) is 0.294. The Morgan fingerprint density at radius 2 is 1.75 bits per heavy atom. The predicted octanol–water partition coefficient (Wildman–Crippen LogP) is 4.52. The first-order chi connectivity index (χ1) is 9.74. The van der Waals surface area contributed by atoms with Crippen LogP contribution in [0.4, 0.5) is 0 Å². The zero-order valence-electron chi connectivity index (χ0n) is 11.9. The molecule has 0 radical (unpaired) electrons. The number of rotatable bonds is 6. The van der Waals surface area contributed by atoms with Gasteiger partial charge in [-0.25, -0.2) is 0 Å². The summed E-state index contributed by atoms with van der Waals surface area (Å²) in [6.45, 7) is 3.99. The lowest BCUT2D eigenvalue weighted by Crippen LogP contribution is -2.14. The van der Waals surface area contributed by atoms with E-state index in [4.69, 9.17) is 16.3 Å². The Hall–Kier alpha value is -1.51. The Morgan fingerprint density at radius 3 is 2.40 bits per heavy atom. The lowest BCUT2D eigenvalue weighted by Gasteiger charge is -2.12. The maximum atomic E-state index is 5.93. The summed E-state index contributed by atoms with van der Waals surface area (Å²) in [7, 11) is 1.71. The monoisotopic (exact) mass is 289 g/mol. The highest BCUT2D eigenvalue weighted by atomic mass is 35.5. The van der Waals surface area contributed by atoms with Crippen LogP contribution >= 0.6 is 11.6 Å². The third kappa shape index (κ3) is 3.75. The standard InChI is InChI=1S/C17H20ClNO/c1-3-10-19-12-15-11-14(6-9-17(15)20-2)13-4-7-16(18)8-5-13/h4-9,11,19H,3,10,12H2,1-2H3. The Labute approximate surface area is 125 Å². The summed E-state index contributed by atoms with van der Waals surface area (Å²) in [4.78, 5) is 0. The van der Waals surface area contributed by atoms with E-state index in [1.165, 1.54) is 11.1 Å². The van der Waals surface area contributed by atoms with Crippen LogP contribution in [0.25, 0.3) is 11.1 Å². The van der Waals surface area contributed by atoms with Crippen LogP contribution in [0.5, 0.6) is 5.75 Å². The van der Waals surface area contributed by atoms with Crippen molar-refractivity contribution in [3.8, 4) is 16.9 Å². The SMILES string of the molecule is CCCNCc1cc(-c2ccc(Cl)cc2)ccc1OC. The summed E-state index contributed by atoms with van der Waals surface area (Å²) < 4.78 is 5.42. The maximum Gasteiger partial charge on any atom is 0.123 e. The molecule has 0 aliphatic rings. The van der Waals surface area contributed by atoms with Gasteiger partial charge in [-0.2, -0.15) is 0 Å². The smallest absolute Gasteiger partial charge is 0.123 e. The van der Waals surface area contributed by atoms with Gasteiger partial charge in [0, 0.05) is 17.1 Å². The number of halogens is 1. The fourth-order valence-corrected chi connectivity index (χ4v) is 2.26. The van der Waals surface area contributed by atoms with E-state index in [-0.39, 0.29) is 0 Å². The predicted molar refractivity (Wildman–Crippen MR) is 85.4 cm³/mol. The molecule has 3 heteroatoms. The number of nitrogens with one attached hydrogen (secondary N) is 1. The van der Waals surface area contributed by atoms with E-state index >= 15 is 0 Å². The van der Waals surface area contributed by atoms with Gasteiger partial charge in [-0.1, -0.05) is 36.7 Å². The van der Waals surface area contributed by atoms with E-state index in [9.17, 15) is 0 Å². The summed E-state index contributed by atoms with van der Waals surface area (Å²) in [6.07, 6.45) is 1.12. The molecule has 20 heavy (non-hydrogen) atoms. The minimum absolute atomic E-state index is 0.757. The molecule has 0 saturated heterocycles. The van der Waals surface area contributed by atoms with E-state index in [2.05, 4.69) is 24.4 Å². The van der Waals surface area contributed by atoms with Gasteiger partial charge in [-0.05, 0) is 48.4 Å². The van der Waals surface area contributed by atoms with Gasteiger partial charge in [0.2, 0.25) is 0 Å². The second kappa shape index (κ2) is 7.32. The molecule has 0 amide bonds. The number of benzene rings is 2. The van der Waals surface area contributed by atoms with Gasteiger partial charge in [0.1, 0.15) is 5.75 Å². The first-order valence-corrected chi connectivity index (χ1v) is 7.26. The molecule has 1 N–H and O–H groups in total. The summed E-state index contributed by atoms with van der Waals surface area (Å²) in [5, 5.41) is 4.17. The van der Waals surface area contributed by atoms with Crippen molar-refractivity contribution in [2.24, 2.45) is 0 Å². The molecular weight excluding hydrogens is 270 g/mol. The third-order valence-electron chi connectivity index (χ3n) is 3.20. The molecule has 0 fully saturated rings. The molecule has 0 aliphatic heterocycles. The summed E-state index contributed by atoms with van der Waals surface area (Å²) in [6, 6.07) is 14.2.